The third kappa shape index (κ3) is 7.39. The number of hydrogen-bond acceptors (Lipinski definition) is 6. The monoisotopic (exact) mass is 328 g/mol. The summed E-state index contributed by atoms with van der Waals surface area (Å²) in [6.07, 6.45) is 1.06. The molecule has 8 heteroatoms. The van der Waals surface area contributed by atoms with E-state index in [1.807, 2.05) is 0 Å². The van der Waals surface area contributed by atoms with Crippen LogP contribution in [0.3, 0.4) is 0 Å². The van der Waals surface area contributed by atoms with Gasteiger partial charge in [-0.3, -0.25) is 0 Å². The summed E-state index contributed by atoms with van der Waals surface area (Å²) in [7, 11) is 0. The second kappa shape index (κ2) is 9.54. The fourth-order valence-corrected chi connectivity index (χ4v) is 1.30. The molecular formula is C15H20O8. The Morgan fingerprint density at radius 2 is 1.43 bits per heavy atom. The number of aliphatic hydroxyl groups excluding tert-OH is 2. The van der Waals surface area contributed by atoms with E-state index in [4.69, 9.17) is 25.2 Å². The molecule has 8 nitrogen and oxygen atoms in total. The summed E-state index contributed by atoms with van der Waals surface area (Å²) in [5.41, 5.74) is -0.168. The molecule has 0 fully saturated rings. The highest BCUT2D eigenvalue weighted by molar-refractivity contribution is 5.93. The van der Waals surface area contributed by atoms with E-state index in [2.05, 4.69) is 0 Å². The number of ether oxygens (including phenoxy) is 1. The molecule has 128 valence electrons. The Bertz CT molecular complexity index is 536. The van der Waals surface area contributed by atoms with Gasteiger partial charge in [-0.15, -0.1) is 0 Å². The van der Waals surface area contributed by atoms with E-state index >= 15 is 0 Å². The van der Waals surface area contributed by atoms with Gasteiger partial charge in [0.1, 0.15) is 12.7 Å². The van der Waals surface area contributed by atoms with E-state index in [1.165, 1.54) is 20.8 Å². The molecule has 0 aromatic carbocycles. The van der Waals surface area contributed by atoms with Gasteiger partial charge < -0.3 is 25.2 Å². The first kappa shape index (κ1) is 20.6. The van der Waals surface area contributed by atoms with Gasteiger partial charge in [-0.25, -0.2) is 14.4 Å². The summed E-state index contributed by atoms with van der Waals surface area (Å²) < 4.78 is 4.76. The molecule has 0 aliphatic carbocycles. The van der Waals surface area contributed by atoms with Crippen LogP contribution in [0.2, 0.25) is 0 Å². The maximum atomic E-state index is 11.9. The minimum absolute atomic E-state index is 0.0312. The van der Waals surface area contributed by atoms with Crippen molar-refractivity contribution < 1.29 is 39.5 Å². The largest absolute Gasteiger partial charge is 0.478 e. The minimum Gasteiger partial charge on any atom is -0.478 e. The second-order valence-electron chi connectivity index (χ2n) is 4.78. The zero-order valence-corrected chi connectivity index (χ0v) is 13.1. The van der Waals surface area contributed by atoms with Crippen LogP contribution >= 0.6 is 0 Å². The number of carbonyl (C=O) groups is 3. The summed E-state index contributed by atoms with van der Waals surface area (Å²) in [6.45, 7) is 2.89. The van der Waals surface area contributed by atoms with Gasteiger partial charge in [0.25, 0.3) is 0 Å². The van der Waals surface area contributed by atoms with E-state index in [0.717, 1.165) is 12.2 Å². The van der Waals surface area contributed by atoms with Crippen LogP contribution in [0.5, 0.6) is 0 Å². The number of aliphatic hydroxyl groups is 2. The van der Waals surface area contributed by atoms with Gasteiger partial charge in [0.2, 0.25) is 0 Å². The van der Waals surface area contributed by atoms with E-state index < -0.39 is 37.2 Å². The number of esters is 1. The van der Waals surface area contributed by atoms with Crippen molar-refractivity contribution in [2.45, 2.75) is 26.9 Å². The molecule has 0 aromatic heterocycles. The van der Waals surface area contributed by atoms with Gasteiger partial charge in [-0.05, 0) is 38.5 Å². The zero-order chi connectivity index (χ0) is 18.2. The van der Waals surface area contributed by atoms with Gasteiger partial charge in [-0.1, -0.05) is 0 Å². The normalized spacial score (nSPS) is 13.3. The Labute approximate surface area is 133 Å². The van der Waals surface area contributed by atoms with Crippen molar-refractivity contribution in [3.63, 3.8) is 0 Å². The molecule has 0 aromatic rings. The molecule has 0 bridgehead atoms. The van der Waals surface area contributed by atoms with E-state index in [-0.39, 0.29) is 22.3 Å². The lowest BCUT2D eigenvalue weighted by Gasteiger charge is -2.10. The number of aliphatic carboxylic acids is 2. The summed E-state index contributed by atoms with van der Waals surface area (Å²) in [6, 6.07) is 0. The topological polar surface area (TPSA) is 141 Å². The molecule has 0 spiro atoms. The minimum atomic E-state index is -1.23. The standard InChI is InChI=1S/C15H20O8/c1-8(13(18)19)4-11(5-9(2)14(20)21)10(3)15(22)23-7-12(17)6-16/h4-5,12,16-17H,6-7H2,1-3H3,(H,18,19)(H,20,21). The number of carboxylic acid groups (broad SMARTS) is 2. The van der Waals surface area contributed by atoms with Crippen LogP contribution in [0, 0.1) is 0 Å². The fraction of sp³-hybridized carbons (Fsp3) is 0.400. The first-order valence-corrected chi connectivity index (χ1v) is 6.60. The SMILES string of the molecule is CC(=CC(C=C(C)C(=O)O)=C(C)C(=O)OCC(O)CO)C(=O)O. The quantitative estimate of drug-likeness (QED) is 0.282. The van der Waals surface area contributed by atoms with Crippen molar-refractivity contribution in [3.05, 3.63) is 34.4 Å². The smallest absolute Gasteiger partial charge is 0.334 e. The van der Waals surface area contributed by atoms with Crippen LogP contribution in [0.15, 0.2) is 34.4 Å². The Kier molecular flexibility index (Phi) is 8.53. The number of carboxylic acids is 2. The Morgan fingerprint density at radius 3 is 1.78 bits per heavy atom. The molecule has 0 amide bonds. The fourth-order valence-electron chi connectivity index (χ4n) is 1.30. The average molecular weight is 328 g/mol. The maximum Gasteiger partial charge on any atom is 0.334 e. The molecule has 0 aliphatic heterocycles. The molecule has 0 rings (SSSR count). The molecule has 0 heterocycles. The highest BCUT2D eigenvalue weighted by atomic mass is 16.5. The van der Waals surface area contributed by atoms with E-state index in [9.17, 15) is 14.4 Å². The molecule has 0 saturated heterocycles. The van der Waals surface area contributed by atoms with Gasteiger partial charge in [0, 0.05) is 16.7 Å². The molecule has 23 heavy (non-hydrogen) atoms. The van der Waals surface area contributed by atoms with Gasteiger partial charge >= 0.3 is 17.9 Å². The van der Waals surface area contributed by atoms with Crippen LogP contribution in [0.1, 0.15) is 20.8 Å². The summed E-state index contributed by atoms with van der Waals surface area (Å²) in [4.78, 5) is 33.7. The third-order valence-corrected chi connectivity index (χ3v) is 2.78. The average Bonchev–Trinajstić information content (AvgIpc) is 2.49. The highest BCUT2D eigenvalue weighted by Crippen LogP contribution is 2.15. The predicted octanol–water partition coefficient (Wildman–Crippen LogP) is 0.261. The highest BCUT2D eigenvalue weighted by Gasteiger charge is 2.14. The van der Waals surface area contributed by atoms with Crippen LogP contribution in [0.25, 0.3) is 0 Å². The van der Waals surface area contributed by atoms with Crippen molar-refractivity contribution in [2.75, 3.05) is 13.2 Å². The second-order valence-corrected chi connectivity index (χ2v) is 4.78. The lowest BCUT2D eigenvalue weighted by molar-refractivity contribution is -0.142. The van der Waals surface area contributed by atoms with Crippen LogP contribution in [-0.4, -0.2) is 57.7 Å². The van der Waals surface area contributed by atoms with Gasteiger partial charge in [0.15, 0.2) is 0 Å². The van der Waals surface area contributed by atoms with Crippen molar-refractivity contribution >= 4 is 17.9 Å². The molecule has 0 saturated carbocycles. The van der Waals surface area contributed by atoms with Crippen LogP contribution < -0.4 is 0 Å². The molecule has 4 N–H and O–H groups in total. The summed E-state index contributed by atoms with van der Waals surface area (Å²) in [5, 5.41) is 35.6. The van der Waals surface area contributed by atoms with Crippen molar-refractivity contribution in [1.82, 2.24) is 0 Å². The summed E-state index contributed by atoms with van der Waals surface area (Å²) >= 11 is 0. The molecule has 1 atom stereocenters. The Balaban J connectivity index is 5.66. The lowest BCUT2D eigenvalue weighted by atomic mass is 10.0. The Morgan fingerprint density at radius 1 is 1.00 bits per heavy atom. The number of allylic oxidation sites excluding steroid dienone is 3. The molecular weight excluding hydrogens is 308 g/mol. The van der Waals surface area contributed by atoms with Crippen LogP contribution in [0.4, 0.5) is 0 Å². The maximum absolute atomic E-state index is 11.9. The van der Waals surface area contributed by atoms with Gasteiger partial charge in [-0.2, -0.15) is 0 Å². The van der Waals surface area contributed by atoms with Crippen molar-refractivity contribution in [2.24, 2.45) is 0 Å². The number of hydrogen-bond donors (Lipinski definition) is 4. The van der Waals surface area contributed by atoms with E-state index in [1.54, 1.807) is 0 Å². The molecule has 0 aliphatic rings. The van der Waals surface area contributed by atoms with Gasteiger partial charge in [0.05, 0.1) is 6.61 Å². The first-order valence-electron chi connectivity index (χ1n) is 6.60. The van der Waals surface area contributed by atoms with E-state index in [0.29, 0.717) is 0 Å². The van der Waals surface area contributed by atoms with Crippen molar-refractivity contribution in [3.8, 4) is 0 Å². The first-order chi connectivity index (χ1) is 10.6. The number of rotatable bonds is 8. The molecule has 1 unspecified atom stereocenters. The summed E-state index contributed by atoms with van der Waals surface area (Å²) in [5.74, 6) is -3.31. The van der Waals surface area contributed by atoms with Crippen LogP contribution in [-0.2, 0) is 19.1 Å². The Hall–Kier alpha value is -2.45. The predicted molar refractivity (Wildman–Crippen MR) is 79.5 cm³/mol. The third-order valence-electron chi connectivity index (χ3n) is 2.78. The van der Waals surface area contributed by atoms with Crippen molar-refractivity contribution in [1.29, 1.82) is 0 Å². The zero-order valence-electron chi connectivity index (χ0n) is 13.1. The molecule has 0 radical (unpaired) electrons. The lowest BCUT2D eigenvalue weighted by Crippen LogP contribution is -2.22. The number of carbonyl (C=O) groups excluding carboxylic acids is 1.